The average molecular weight is 95.1 g/mol. The molecule has 0 spiro atoms. The lowest BCUT2D eigenvalue weighted by Crippen LogP contribution is -1.78. The van der Waals surface area contributed by atoms with Gasteiger partial charge in [0.05, 0.1) is 0 Å². The molecule has 0 bridgehead atoms. The fourth-order valence-corrected chi connectivity index (χ4v) is 0.774. The van der Waals surface area contributed by atoms with Crippen LogP contribution in [0.2, 0.25) is 0 Å². The van der Waals surface area contributed by atoms with Crippen LogP contribution < -0.4 is 0 Å². The minimum atomic E-state index is 0.789. The Hall–Kier alpha value is -0.590. The van der Waals surface area contributed by atoms with E-state index in [4.69, 9.17) is 5.41 Å². The molecule has 0 atom stereocenters. The third-order valence-corrected chi connectivity index (χ3v) is 1.21. The maximum Gasteiger partial charge on any atom is 0.0316 e. The Balaban J connectivity index is 2.67. The van der Waals surface area contributed by atoms with E-state index >= 15 is 0 Å². The predicted molar refractivity (Wildman–Crippen MR) is 30.7 cm³/mol. The average Bonchev–Trinajstić information content (AvgIpc) is 1.87. The quantitative estimate of drug-likeness (QED) is 0.474. The second kappa shape index (κ2) is 1.49. The Morgan fingerprint density at radius 1 is 1.57 bits per heavy atom. The van der Waals surface area contributed by atoms with Crippen molar-refractivity contribution in [3.8, 4) is 0 Å². The zero-order chi connectivity index (χ0) is 5.28. The van der Waals surface area contributed by atoms with E-state index in [9.17, 15) is 0 Å². The molecule has 0 aliphatic heterocycles. The summed E-state index contributed by atoms with van der Waals surface area (Å²) in [5.74, 6) is 0. The van der Waals surface area contributed by atoms with Crippen LogP contribution in [-0.4, -0.2) is 5.71 Å². The molecule has 0 amide bonds. The molecule has 1 aliphatic rings. The molecule has 0 saturated heterocycles. The van der Waals surface area contributed by atoms with Crippen LogP contribution in [0.5, 0.6) is 0 Å². The molecule has 0 saturated carbocycles. The largest absolute Gasteiger partial charge is 0.305 e. The van der Waals surface area contributed by atoms with Crippen molar-refractivity contribution in [3.63, 3.8) is 0 Å². The van der Waals surface area contributed by atoms with Crippen molar-refractivity contribution >= 4 is 5.71 Å². The van der Waals surface area contributed by atoms with Gasteiger partial charge < -0.3 is 5.41 Å². The van der Waals surface area contributed by atoms with Crippen LogP contribution in [0.4, 0.5) is 0 Å². The minimum absolute atomic E-state index is 0.789. The van der Waals surface area contributed by atoms with E-state index in [-0.39, 0.29) is 0 Å². The lowest BCUT2D eigenvalue weighted by molar-refractivity contribution is 1.05. The Morgan fingerprint density at radius 2 is 2.29 bits per heavy atom. The Labute approximate surface area is 43.6 Å². The van der Waals surface area contributed by atoms with E-state index in [0.717, 1.165) is 18.6 Å². The van der Waals surface area contributed by atoms with Gasteiger partial charge in [-0.05, 0) is 25.8 Å². The zero-order valence-corrected chi connectivity index (χ0v) is 4.49. The molecule has 0 aromatic carbocycles. The number of hydrogen-bond donors (Lipinski definition) is 1. The van der Waals surface area contributed by atoms with E-state index in [1.165, 1.54) is 5.57 Å². The van der Waals surface area contributed by atoms with Gasteiger partial charge in [-0.3, -0.25) is 0 Å². The van der Waals surface area contributed by atoms with Crippen LogP contribution in [0.3, 0.4) is 0 Å². The predicted octanol–water partition coefficient (Wildman–Crippen LogP) is 1.75. The van der Waals surface area contributed by atoms with Gasteiger partial charge in [-0.15, -0.1) is 0 Å². The summed E-state index contributed by atoms with van der Waals surface area (Å²) in [4.78, 5) is 0. The van der Waals surface area contributed by atoms with Crippen molar-refractivity contribution in [2.24, 2.45) is 0 Å². The SMILES string of the molecule is CC1=CC(=N)CC1. The molecule has 38 valence electrons. The van der Waals surface area contributed by atoms with Crippen molar-refractivity contribution < 1.29 is 0 Å². The van der Waals surface area contributed by atoms with Gasteiger partial charge >= 0.3 is 0 Å². The van der Waals surface area contributed by atoms with Gasteiger partial charge in [0.2, 0.25) is 0 Å². The van der Waals surface area contributed by atoms with Gasteiger partial charge in [-0.2, -0.15) is 0 Å². The monoisotopic (exact) mass is 95.1 g/mol. The van der Waals surface area contributed by atoms with Crippen molar-refractivity contribution in [1.82, 2.24) is 0 Å². The molecule has 0 unspecified atom stereocenters. The molecule has 1 N–H and O–H groups in total. The maximum atomic E-state index is 7.10. The summed E-state index contributed by atoms with van der Waals surface area (Å²) >= 11 is 0. The molecule has 0 radical (unpaired) electrons. The van der Waals surface area contributed by atoms with Gasteiger partial charge in [0.25, 0.3) is 0 Å². The normalized spacial score (nSPS) is 20.1. The standard InChI is InChI=1S/C6H9N/c1-5-2-3-6(7)4-5/h4,7H,2-3H2,1H3. The molecule has 0 fully saturated rings. The Kier molecular flexibility index (Phi) is 0.970. The summed E-state index contributed by atoms with van der Waals surface area (Å²) in [6.07, 6.45) is 4.02. The van der Waals surface area contributed by atoms with E-state index < -0.39 is 0 Å². The molecule has 0 aromatic heterocycles. The third-order valence-electron chi connectivity index (χ3n) is 1.21. The van der Waals surface area contributed by atoms with Gasteiger partial charge in [-0.1, -0.05) is 5.57 Å². The second-order valence-electron chi connectivity index (χ2n) is 2.02. The highest BCUT2D eigenvalue weighted by atomic mass is 14.4. The highest BCUT2D eigenvalue weighted by Crippen LogP contribution is 2.12. The first-order valence-corrected chi connectivity index (χ1v) is 2.53. The van der Waals surface area contributed by atoms with Crippen LogP contribution in [-0.2, 0) is 0 Å². The van der Waals surface area contributed by atoms with E-state index in [1.54, 1.807) is 0 Å². The highest BCUT2D eigenvalue weighted by Gasteiger charge is 2.02. The second-order valence-corrected chi connectivity index (χ2v) is 2.02. The van der Waals surface area contributed by atoms with Gasteiger partial charge in [-0.25, -0.2) is 0 Å². The summed E-state index contributed by atoms with van der Waals surface area (Å²) in [7, 11) is 0. The lowest BCUT2D eigenvalue weighted by atomic mass is 10.3. The van der Waals surface area contributed by atoms with Crippen LogP contribution in [0, 0.1) is 5.41 Å². The summed E-state index contributed by atoms with van der Waals surface area (Å²) in [6.45, 7) is 2.07. The summed E-state index contributed by atoms with van der Waals surface area (Å²) in [5, 5.41) is 7.10. The zero-order valence-electron chi connectivity index (χ0n) is 4.49. The molecule has 0 aromatic rings. The molecule has 1 nitrogen and oxygen atoms in total. The molecule has 7 heavy (non-hydrogen) atoms. The van der Waals surface area contributed by atoms with Crippen molar-refractivity contribution in [1.29, 1.82) is 5.41 Å². The first-order valence-electron chi connectivity index (χ1n) is 2.53. The van der Waals surface area contributed by atoms with E-state index in [1.807, 2.05) is 6.08 Å². The third kappa shape index (κ3) is 0.889. The number of allylic oxidation sites excluding steroid dienone is 2. The lowest BCUT2D eigenvalue weighted by Gasteiger charge is -1.79. The summed E-state index contributed by atoms with van der Waals surface area (Å²) in [5.41, 5.74) is 2.14. The van der Waals surface area contributed by atoms with Crippen molar-refractivity contribution in [3.05, 3.63) is 11.6 Å². The molecule has 0 heterocycles. The van der Waals surface area contributed by atoms with Crippen LogP contribution in [0.15, 0.2) is 11.6 Å². The Bertz CT molecular complexity index is 122. The smallest absolute Gasteiger partial charge is 0.0316 e. The molecule has 1 aliphatic carbocycles. The van der Waals surface area contributed by atoms with Crippen molar-refractivity contribution in [2.45, 2.75) is 19.8 Å². The molecule has 1 rings (SSSR count). The highest BCUT2D eigenvalue weighted by molar-refractivity contribution is 5.95. The number of nitrogens with one attached hydrogen (secondary N) is 1. The van der Waals surface area contributed by atoms with Gasteiger partial charge in [0, 0.05) is 5.71 Å². The van der Waals surface area contributed by atoms with E-state index in [0.29, 0.717) is 0 Å². The number of hydrogen-bond acceptors (Lipinski definition) is 1. The fourth-order valence-electron chi connectivity index (χ4n) is 0.774. The topological polar surface area (TPSA) is 23.9 Å². The van der Waals surface area contributed by atoms with E-state index in [2.05, 4.69) is 6.92 Å². The van der Waals surface area contributed by atoms with Crippen LogP contribution in [0.25, 0.3) is 0 Å². The Morgan fingerprint density at radius 3 is 2.43 bits per heavy atom. The fraction of sp³-hybridized carbons (Fsp3) is 0.500. The first kappa shape index (κ1) is 4.57. The van der Waals surface area contributed by atoms with Gasteiger partial charge in [0.1, 0.15) is 0 Å². The molecular formula is C6H9N. The van der Waals surface area contributed by atoms with Crippen LogP contribution >= 0.6 is 0 Å². The number of rotatable bonds is 0. The summed E-state index contributed by atoms with van der Waals surface area (Å²) in [6, 6.07) is 0. The van der Waals surface area contributed by atoms with Crippen LogP contribution in [0.1, 0.15) is 19.8 Å². The van der Waals surface area contributed by atoms with Gasteiger partial charge in [0.15, 0.2) is 0 Å². The first-order chi connectivity index (χ1) is 3.29. The maximum absolute atomic E-state index is 7.10. The van der Waals surface area contributed by atoms with Crippen molar-refractivity contribution in [2.75, 3.05) is 0 Å². The molecule has 1 heteroatoms. The summed E-state index contributed by atoms with van der Waals surface area (Å²) < 4.78 is 0. The molecular weight excluding hydrogens is 86.1 g/mol. The minimum Gasteiger partial charge on any atom is -0.305 e.